The topological polar surface area (TPSA) is 98.5 Å². The van der Waals surface area contributed by atoms with Crippen LogP contribution in [0.1, 0.15) is 41.3 Å². The van der Waals surface area contributed by atoms with Gasteiger partial charge in [0.1, 0.15) is 5.56 Å². The minimum absolute atomic E-state index is 0.191. The molecule has 0 heterocycles. The molecule has 0 saturated heterocycles. The third-order valence-electron chi connectivity index (χ3n) is 3.85. The average molecular weight is 356 g/mol. The number of hydrogen-bond donors (Lipinski definition) is 1. The van der Waals surface area contributed by atoms with E-state index in [2.05, 4.69) is 5.32 Å². The van der Waals surface area contributed by atoms with E-state index in [4.69, 9.17) is 4.74 Å². The van der Waals surface area contributed by atoms with Crippen molar-refractivity contribution in [1.82, 2.24) is 0 Å². The van der Waals surface area contributed by atoms with Crippen LogP contribution in [-0.2, 0) is 9.53 Å². The van der Waals surface area contributed by atoms with Crippen molar-refractivity contribution in [3.63, 3.8) is 0 Å². The molecule has 0 bridgehead atoms. The van der Waals surface area contributed by atoms with Crippen molar-refractivity contribution in [3.8, 4) is 0 Å². The summed E-state index contributed by atoms with van der Waals surface area (Å²) in [7, 11) is 0. The summed E-state index contributed by atoms with van der Waals surface area (Å²) >= 11 is 0. The van der Waals surface area contributed by atoms with Gasteiger partial charge in [-0.05, 0) is 30.0 Å². The van der Waals surface area contributed by atoms with E-state index in [-0.39, 0.29) is 17.2 Å². The van der Waals surface area contributed by atoms with Crippen LogP contribution in [0.15, 0.2) is 42.5 Å². The molecule has 7 heteroatoms. The summed E-state index contributed by atoms with van der Waals surface area (Å²) in [6.07, 6.45) is 0. The number of carbonyl (C=O) groups is 2. The molecule has 0 aromatic heterocycles. The van der Waals surface area contributed by atoms with Crippen LogP contribution in [0.25, 0.3) is 0 Å². The van der Waals surface area contributed by atoms with Gasteiger partial charge in [0.15, 0.2) is 6.61 Å². The summed E-state index contributed by atoms with van der Waals surface area (Å²) in [4.78, 5) is 34.5. The number of aryl methyl sites for hydroxylation is 1. The first-order chi connectivity index (χ1) is 12.3. The molecular weight excluding hydrogens is 336 g/mol. The van der Waals surface area contributed by atoms with Gasteiger partial charge in [-0.3, -0.25) is 14.9 Å². The molecule has 0 saturated carbocycles. The third kappa shape index (κ3) is 4.44. The molecule has 136 valence electrons. The van der Waals surface area contributed by atoms with Crippen molar-refractivity contribution in [2.45, 2.75) is 26.7 Å². The zero-order chi connectivity index (χ0) is 19.3. The first-order valence-corrected chi connectivity index (χ1v) is 8.11. The van der Waals surface area contributed by atoms with E-state index in [0.29, 0.717) is 5.69 Å². The third-order valence-corrected chi connectivity index (χ3v) is 3.85. The van der Waals surface area contributed by atoms with Gasteiger partial charge in [-0.2, -0.15) is 0 Å². The van der Waals surface area contributed by atoms with Gasteiger partial charge >= 0.3 is 5.97 Å². The maximum Gasteiger partial charge on any atom is 0.345 e. The minimum atomic E-state index is -0.915. The van der Waals surface area contributed by atoms with Gasteiger partial charge in [-0.25, -0.2) is 4.79 Å². The lowest BCUT2D eigenvalue weighted by Gasteiger charge is -2.16. The summed E-state index contributed by atoms with van der Waals surface area (Å²) < 4.78 is 4.94. The molecule has 0 unspecified atom stereocenters. The number of esters is 1. The van der Waals surface area contributed by atoms with Crippen LogP contribution in [-0.4, -0.2) is 23.4 Å². The number of nitrogens with zero attached hydrogens (tertiary/aromatic N) is 1. The fourth-order valence-corrected chi connectivity index (χ4v) is 2.53. The lowest BCUT2D eigenvalue weighted by molar-refractivity contribution is -0.385. The minimum Gasteiger partial charge on any atom is -0.452 e. The second-order valence-corrected chi connectivity index (χ2v) is 6.09. The van der Waals surface area contributed by atoms with Crippen LogP contribution < -0.4 is 5.32 Å². The standard InChI is InChI=1S/C19H20N2O5/c1-12(2)14-9-6-7-13(3)18(14)20-17(22)11-26-19(23)15-8-4-5-10-16(15)21(24)25/h4-10,12H,11H2,1-3H3,(H,20,22). The van der Waals surface area contributed by atoms with Crippen LogP contribution in [0.2, 0.25) is 0 Å². The Balaban J connectivity index is 2.07. The Hall–Kier alpha value is -3.22. The van der Waals surface area contributed by atoms with Crippen molar-refractivity contribution in [1.29, 1.82) is 0 Å². The number of nitro benzene ring substituents is 1. The monoisotopic (exact) mass is 356 g/mol. The van der Waals surface area contributed by atoms with E-state index >= 15 is 0 Å². The molecule has 0 atom stereocenters. The van der Waals surface area contributed by atoms with E-state index in [1.54, 1.807) is 0 Å². The summed E-state index contributed by atoms with van der Waals surface area (Å²) in [5.74, 6) is -1.21. The Morgan fingerprint density at radius 2 is 1.85 bits per heavy atom. The highest BCUT2D eigenvalue weighted by atomic mass is 16.6. The number of hydrogen-bond acceptors (Lipinski definition) is 5. The fraction of sp³-hybridized carbons (Fsp3) is 0.263. The lowest BCUT2D eigenvalue weighted by atomic mass is 9.98. The Morgan fingerprint density at radius 3 is 2.50 bits per heavy atom. The van der Waals surface area contributed by atoms with Gasteiger partial charge in [0.2, 0.25) is 0 Å². The Labute approximate surface area is 151 Å². The molecule has 0 aliphatic carbocycles. The molecule has 0 fully saturated rings. The molecule has 0 radical (unpaired) electrons. The van der Waals surface area contributed by atoms with E-state index in [1.807, 2.05) is 39.0 Å². The van der Waals surface area contributed by atoms with Crippen molar-refractivity contribution in [3.05, 3.63) is 69.3 Å². The number of benzene rings is 2. The molecule has 2 rings (SSSR count). The normalized spacial score (nSPS) is 10.5. The van der Waals surface area contributed by atoms with Crippen LogP contribution >= 0.6 is 0 Å². The largest absolute Gasteiger partial charge is 0.452 e. The number of anilines is 1. The van der Waals surface area contributed by atoms with Crippen LogP contribution in [0, 0.1) is 17.0 Å². The number of carbonyl (C=O) groups excluding carboxylic acids is 2. The number of rotatable bonds is 6. The van der Waals surface area contributed by atoms with Crippen LogP contribution in [0.5, 0.6) is 0 Å². The molecule has 0 aliphatic rings. The number of para-hydroxylation sites is 2. The van der Waals surface area contributed by atoms with E-state index in [1.165, 1.54) is 24.3 Å². The fourth-order valence-electron chi connectivity index (χ4n) is 2.53. The van der Waals surface area contributed by atoms with Gasteiger partial charge in [0, 0.05) is 11.8 Å². The Kier molecular flexibility index (Phi) is 6.06. The number of nitro groups is 1. The molecular formula is C19H20N2O5. The van der Waals surface area contributed by atoms with Gasteiger partial charge in [0.25, 0.3) is 11.6 Å². The smallest absolute Gasteiger partial charge is 0.345 e. The highest BCUT2D eigenvalue weighted by Gasteiger charge is 2.21. The molecule has 26 heavy (non-hydrogen) atoms. The van der Waals surface area contributed by atoms with Crippen LogP contribution in [0.3, 0.4) is 0 Å². The second-order valence-electron chi connectivity index (χ2n) is 6.09. The highest BCUT2D eigenvalue weighted by Crippen LogP contribution is 2.27. The SMILES string of the molecule is Cc1cccc(C(C)C)c1NC(=O)COC(=O)c1ccccc1[N+](=O)[O-]. The maximum absolute atomic E-state index is 12.2. The predicted molar refractivity (Wildman–Crippen MR) is 97.3 cm³/mol. The van der Waals surface area contributed by atoms with Crippen molar-refractivity contribution in [2.24, 2.45) is 0 Å². The maximum atomic E-state index is 12.2. The van der Waals surface area contributed by atoms with Gasteiger partial charge < -0.3 is 10.1 Å². The van der Waals surface area contributed by atoms with Gasteiger partial charge in [-0.15, -0.1) is 0 Å². The first kappa shape index (κ1) is 19.1. The number of ether oxygens (including phenoxy) is 1. The molecule has 1 amide bonds. The van der Waals surface area contributed by atoms with Crippen molar-refractivity contribution in [2.75, 3.05) is 11.9 Å². The average Bonchev–Trinajstić information content (AvgIpc) is 2.61. The van der Waals surface area contributed by atoms with Gasteiger partial charge in [0.05, 0.1) is 4.92 Å². The molecule has 0 aliphatic heterocycles. The molecule has 0 spiro atoms. The summed E-state index contributed by atoms with van der Waals surface area (Å²) in [6.45, 7) is 5.37. The summed E-state index contributed by atoms with van der Waals surface area (Å²) in [5.41, 5.74) is 2.01. The van der Waals surface area contributed by atoms with Crippen molar-refractivity contribution >= 4 is 23.3 Å². The Morgan fingerprint density at radius 1 is 1.15 bits per heavy atom. The zero-order valence-corrected chi connectivity index (χ0v) is 14.8. The predicted octanol–water partition coefficient (Wildman–Crippen LogP) is 3.82. The molecule has 1 N–H and O–H groups in total. The van der Waals surface area contributed by atoms with Crippen molar-refractivity contribution < 1.29 is 19.2 Å². The quantitative estimate of drug-likeness (QED) is 0.482. The Bertz CT molecular complexity index is 846. The molecule has 2 aromatic rings. The van der Waals surface area contributed by atoms with Crippen LogP contribution in [0.4, 0.5) is 11.4 Å². The summed E-state index contributed by atoms with van der Waals surface area (Å²) in [6, 6.07) is 11.1. The molecule has 2 aromatic carbocycles. The first-order valence-electron chi connectivity index (χ1n) is 8.11. The van der Waals surface area contributed by atoms with Gasteiger partial charge in [-0.1, -0.05) is 44.2 Å². The zero-order valence-electron chi connectivity index (χ0n) is 14.8. The second kappa shape index (κ2) is 8.24. The number of amides is 1. The van der Waals surface area contributed by atoms with E-state index in [0.717, 1.165) is 11.1 Å². The van der Waals surface area contributed by atoms with E-state index < -0.39 is 23.4 Å². The molecule has 7 nitrogen and oxygen atoms in total. The lowest BCUT2D eigenvalue weighted by Crippen LogP contribution is -2.22. The van der Waals surface area contributed by atoms with E-state index in [9.17, 15) is 19.7 Å². The number of nitrogens with one attached hydrogen (secondary N) is 1. The summed E-state index contributed by atoms with van der Waals surface area (Å²) in [5, 5.41) is 13.7. The highest BCUT2D eigenvalue weighted by molar-refractivity contribution is 5.98.